The summed E-state index contributed by atoms with van der Waals surface area (Å²) in [5.74, 6) is 0.676. The molecule has 2 aromatic carbocycles. The predicted molar refractivity (Wildman–Crippen MR) is 81.7 cm³/mol. The van der Waals surface area contributed by atoms with E-state index in [9.17, 15) is 4.79 Å². The van der Waals surface area contributed by atoms with Gasteiger partial charge in [-0.3, -0.25) is 9.48 Å². The second-order valence-corrected chi connectivity index (χ2v) is 5.02. The fourth-order valence-corrected chi connectivity index (χ4v) is 2.44. The minimum atomic E-state index is -0.569. The fourth-order valence-electron chi connectivity index (χ4n) is 2.30. The lowest BCUT2D eigenvalue weighted by molar-refractivity contribution is 0.107. The van der Waals surface area contributed by atoms with Gasteiger partial charge in [-0.15, -0.1) is 0 Å². The summed E-state index contributed by atoms with van der Waals surface area (Å²) in [5, 5.41) is 4.29. The van der Waals surface area contributed by atoms with Crippen LogP contribution >= 0.6 is 11.6 Å². The molecule has 0 N–H and O–H groups in total. The van der Waals surface area contributed by atoms with Crippen LogP contribution in [-0.4, -0.2) is 15.0 Å². The van der Waals surface area contributed by atoms with Crippen LogP contribution in [0.4, 0.5) is 0 Å². The monoisotopic (exact) mass is 300 g/mol. The van der Waals surface area contributed by atoms with E-state index in [1.54, 1.807) is 11.7 Å². The maximum absolute atomic E-state index is 11.4. The number of nitrogens with zero attached hydrogens (tertiary/aromatic N) is 2. The lowest BCUT2D eigenvalue weighted by atomic mass is 10.2. The van der Waals surface area contributed by atoms with Gasteiger partial charge < -0.3 is 4.74 Å². The van der Waals surface area contributed by atoms with Crippen LogP contribution < -0.4 is 4.74 Å². The van der Waals surface area contributed by atoms with E-state index < -0.39 is 5.24 Å². The first-order chi connectivity index (χ1) is 10.2. The number of benzene rings is 2. The van der Waals surface area contributed by atoms with E-state index >= 15 is 0 Å². The Bertz CT molecular complexity index is 797. The maximum Gasteiger partial charge on any atom is 0.273 e. The Morgan fingerprint density at radius 2 is 1.95 bits per heavy atom. The lowest BCUT2D eigenvalue weighted by Gasteiger charge is -2.08. The van der Waals surface area contributed by atoms with Crippen LogP contribution in [-0.2, 0) is 13.7 Å². The van der Waals surface area contributed by atoms with Crippen molar-refractivity contribution < 1.29 is 9.53 Å². The third kappa shape index (κ3) is 2.62. The molecular formula is C16H13ClN2O2. The molecule has 0 spiro atoms. The quantitative estimate of drug-likeness (QED) is 0.692. The van der Waals surface area contributed by atoms with Crippen LogP contribution in [0.15, 0.2) is 48.5 Å². The van der Waals surface area contributed by atoms with Gasteiger partial charge in [0.15, 0.2) is 5.69 Å². The second kappa shape index (κ2) is 5.58. The zero-order valence-corrected chi connectivity index (χ0v) is 12.2. The molecule has 0 bridgehead atoms. The van der Waals surface area contributed by atoms with Crippen LogP contribution in [0.1, 0.15) is 16.1 Å². The van der Waals surface area contributed by atoms with Gasteiger partial charge in [0.2, 0.25) is 0 Å². The molecule has 0 amide bonds. The van der Waals surface area contributed by atoms with Crippen molar-refractivity contribution in [1.82, 2.24) is 9.78 Å². The normalized spacial score (nSPS) is 10.8. The van der Waals surface area contributed by atoms with Crippen molar-refractivity contribution in [1.29, 1.82) is 0 Å². The zero-order chi connectivity index (χ0) is 14.8. The molecule has 0 fully saturated rings. The van der Waals surface area contributed by atoms with Gasteiger partial charge in [0.05, 0.1) is 0 Å². The van der Waals surface area contributed by atoms with Gasteiger partial charge in [0, 0.05) is 12.4 Å². The average Bonchev–Trinajstić information content (AvgIpc) is 2.84. The van der Waals surface area contributed by atoms with E-state index in [1.165, 1.54) is 0 Å². The van der Waals surface area contributed by atoms with Crippen LogP contribution in [0, 0.1) is 0 Å². The van der Waals surface area contributed by atoms with Gasteiger partial charge >= 0.3 is 0 Å². The Balaban J connectivity index is 1.98. The van der Waals surface area contributed by atoms with E-state index in [-0.39, 0.29) is 5.69 Å². The maximum atomic E-state index is 11.4. The van der Waals surface area contributed by atoms with Crippen molar-refractivity contribution in [3.8, 4) is 5.75 Å². The Morgan fingerprint density at radius 1 is 1.19 bits per heavy atom. The van der Waals surface area contributed by atoms with E-state index in [2.05, 4.69) is 5.10 Å². The molecule has 1 heterocycles. The number of aryl methyl sites for hydroxylation is 1. The Labute approximate surface area is 126 Å². The molecule has 0 aliphatic rings. The summed E-state index contributed by atoms with van der Waals surface area (Å²) in [6.07, 6.45) is 0. The van der Waals surface area contributed by atoms with Crippen molar-refractivity contribution in [2.24, 2.45) is 7.05 Å². The number of halogens is 1. The van der Waals surface area contributed by atoms with Crippen LogP contribution in [0.2, 0.25) is 0 Å². The van der Waals surface area contributed by atoms with E-state index in [1.807, 2.05) is 48.5 Å². The standard InChI is InChI=1S/C16H13ClN2O2/c1-19-15-12(14(18-19)16(17)20)8-5-9-13(15)21-10-11-6-3-2-4-7-11/h2-9H,10H2,1H3. The highest BCUT2D eigenvalue weighted by Crippen LogP contribution is 2.28. The van der Waals surface area contributed by atoms with Crippen LogP contribution in [0.3, 0.4) is 0 Å². The Hall–Kier alpha value is -2.33. The molecule has 0 unspecified atom stereocenters. The van der Waals surface area contributed by atoms with Gasteiger partial charge in [-0.1, -0.05) is 42.5 Å². The second-order valence-electron chi connectivity index (χ2n) is 4.67. The number of carbonyl (C=O) groups is 1. The third-order valence-electron chi connectivity index (χ3n) is 3.25. The number of rotatable bonds is 4. The minimum absolute atomic E-state index is 0.249. The first-order valence-electron chi connectivity index (χ1n) is 6.49. The molecule has 0 aliphatic carbocycles. The molecule has 0 aliphatic heterocycles. The molecular weight excluding hydrogens is 288 g/mol. The molecule has 0 radical (unpaired) electrons. The summed E-state index contributed by atoms with van der Waals surface area (Å²) in [6.45, 7) is 0.454. The fraction of sp³-hybridized carbons (Fsp3) is 0.125. The SMILES string of the molecule is Cn1nc(C(=O)Cl)c2cccc(OCc3ccccc3)c21. The predicted octanol–water partition coefficient (Wildman–Crippen LogP) is 3.53. The smallest absolute Gasteiger partial charge is 0.273 e. The third-order valence-corrected chi connectivity index (χ3v) is 3.43. The van der Waals surface area contributed by atoms with Crippen molar-refractivity contribution >= 4 is 27.7 Å². The summed E-state index contributed by atoms with van der Waals surface area (Å²) in [7, 11) is 1.76. The molecule has 4 nitrogen and oxygen atoms in total. The number of para-hydroxylation sites is 1. The molecule has 0 saturated heterocycles. The van der Waals surface area contributed by atoms with Gasteiger partial charge in [-0.25, -0.2) is 0 Å². The molecule has 3 aromatic rings. The number of fused-ring (bicyclic) bond motifs is 1. The molecule has 21 heavy (non-hydrogen) atoms. The molecule has 3 rings (SSSR count). The van der Waals surface area contributed by atoms with Crippen LogP contribution in [0.25, 0.3) is 10.9 Å². The largest absolute Gasteiger partial charge is 0.487 e. The summed E-state index contributed by atoms with van der Waals surface area (Å²) < 4.78 is 7.48. The topological polar surface area (TPSA) is 44.1 Å². The van der Waals surface area contributed by atoms with Crippen molar-refractivity contribution in [3.63, 3.8) is 0 Å². The van der Waals surface area contributed by atoms with Crippen molar-refractivity contribution in [2.45, 2.75) is 6.61 Å². The van der Waals surface area contributed by atoms with Gasteiger partial charge in [0.25, 0.3) is 5.24 Å². The highest BCUT2D eigenvalue weighted by Gasteiger charge is 2.17. The number of hydrogen-bond acceptors (Lipinski definition) is 3. The molecule has 0 saturated carbocycles. The first-order valence-corrected chi connectivity index (χ1v) is 6.87. The highest BCUT2D eigenvalue weighted by molar-refractivity contribution is 6.68. The van der Waals surface area contributed by atoms with Crippen molar-refractivity contribution in [3.05, 3.63) is 59.8 Å². The Morgan fingerprint density at radius 3 is 2.67 bits per heavy atom. The number of ether oxygens (including phenoxy) is 1. The van der Waals surface area contributed by atoms with Crippen molar-refractivity contribution in [2.75, 3.05) is 0 Å². The summed E-state index contributed by atoms with van der Waals surface area (Å²) in [4.78, 5) is 11.4. The summed E-state index contributed by atoms with van der Waals surface area (Å²) >= 11 is 5.57. The van der Waals surface area contributed by atoms with Gasteiger partial charge in [-0.05, 0) is 23.2 Å². The molecule has 106 valence electrons. The van der Waals surface area contributed by atoms with E-state index in [4.69, 9.17) is 16.3 Å². The van der Waals surface area contributed by atoms with E-state index in [0.717, 1.165) is 11.1 Å². The summed E-state index contributed by atoms with van der Waals surface area (Å²) in [6, 6.07) is 15.4. The number of hydrogen-bond donors (Lipinski definition) is 0. The minimum Gasteiger partial charge on any atom is -0.487 e. The number of carbonyl (C=O) groups excluding carboxylic acids is 1. The zero-order valence-electron chi connectivity index (χ0n) is 11.4. The van der Waals surface area contributed by atoms with E-state index in [0.29, 0.717) is 17.7 Å². The van der Waals surface area contributed by atoms with Gasteiger partial charge in [0.1, 0.15) is 17.9 Å². The first kappa shape index (κ1) is 13.6. The lowest BCUT2D eigenvalue weighted by Crippen LogP contribution is -1.98. The summed E-state index contributed by atoms with van der Waals surface area (Å²) in [5.41, 5.74) is 2.09. The highest BCUT2D eigenvalue weighted by atomic mass is 35.5. The Kier molecular flexibility index (Phi) is 3.62. The van der Waals surface area contributed by atoms with Gasteiger partial charge in [-0.2, -0.15) is 5.10 Å². The average molecular weight is 301 g/mol. The molecule has 1 aromatic heterocycles. The number of aromatic nitrogens is 2. The molecule has 5 heteroatoms. The molecule has 0 atom stereocenters. The van der Waals surface area contributed by atoms with Crippen LogP contribution in [0.5, 0.6) is 5.75 Å².